The molecule has 4 aromatic heterocycles. The highest BCUT2D eigenvalue weighted by atomic mass is 32.1. The number of alkyl halides is 6. The summed E-state index contributed by atoms with van der Waals surface area (Å²) in [6, 6.07) is 54.9. The van der Waals surface area contributed by atoms with Crippen molar-refractivity contribution >= 4 is 107 Å². The number of nitrogens with zero attached hydrogens (tertiary/aromatic N) is 3. The van der Waals surface area contributed by atoms with Crippen LogP contribution in [0, 0.1) is 11.3 Å². The summed E-state index contributed by atoms with van der Waals surface area (Å²) < 4.78 is 97.0. The molecule has 4 heterocycles. The van der Waals surface area contributed by atoms with Crippen LogP contribution in [0.25, 0.3) is 118 Å². The summed E-state index contributed by atoms with van der Waals surface area (Å²) in [5.41, 5.74) is 1.91. The fourth-order valence-electron chi connectivity index (χ4n) is 10.4. The maximum Gasteiger partial charge on any atom is 0.416 e. The molecule has 0 atom stereocenters. The third-order valence-electron chi connectivity index (χ3n) is 13.2. The number of fused-ring (bicyclic) bond motifs is 14. The van der Waals surface area contributed by atoms with E-state index >= 15 is 0 Å². The predicted octanol–water partition coefficient (Wildman–Crippen LogP) is 17.9. The molecular formula is C57H29F6N3S2. The van der Waals surface area contributed by atoms with Crippen LogP contribution in [-0.2, 0) is 12.4 Å². The van der Waals surface area contributed by atoms with E-state index in [0.29, 0.717) is 22.5 Å². The number of aromatic nitrogens is 2. The highest BCUT2D eigenvalue weighted by Crippen LogP contribution is 2.51. The summed E-state index contributed by atoms with van der Waals surface area (Å²) in [5, 5.41) is 19.4. The fraction of sp³-hybridized carbons (Fsp3) is 0.0351. The summed E-state index contributed by atoms with van der Waals surface area (Å²) in [6.45, 7) is 0. The van der Waals surface area contributed by atoms with Crippen LogP contribution in [0.3, 0.4) is 0 Å². The molecule has 0 unspecified atom stereocenters. The predicted molar refractivity (Wildman–Crippen MR) is 266 cm³/mol. The van der Waals surface area contributed by atoms with Gasteiger partial charge in [0.25, 0.3) is 0 Å². The topological polar surface area (TPSA) is 33.6 Å². The molecule has 0 spiro atoms. The Kier molecular flexibility index (Phi) is 8.63. The molecule has 0 amide bonds. The largest absolute Gasteiger partial charge is 0.416 e. The molecule has 326 valence electrons. The number of rotatable bonds is 4. The van der Waals surface area contributed by atoms with Crippen LogP contribution < -0.4 is 0 Å². The van der Waals surface area contributed by atoms with Crippen LogP contribution in [0.15, 0.2) is 176 Å². The quantitative estimate of drug-likeness (QED) is 0.162. The van der Waals surface area contributed by atoms with Crippen LogP contribution in [0.2, 0.25) is 0 Å². The Morgan fingerprint density at radius 2 is 0.868 bits per heavy atom. The first kappa shape index (κ1) is 40.4. The van der Waals surface area contributed by atoms with Crippen molar-refractivity contribution in [2.24, 2.45) is 0 Å². The standard InChI is InChI=1S/C57H29F6N3S2/c58-56(59,60)33-27-32(28-34(29-33)57(61,62)63)35-16-10-20-45(66-43-18-6-2-15-41(43)53-47(66)26-24-39-37-13-4-8-22-49(37)68-55(39)53)51(35)50-31(30-64)11-9-19-44(50)65-42-17-5-1-14-40(42)52-46(65)25-23-38-36-12-3-7-21-48(36)67-54(38)52/h1-29H. The van der Waals surface area contributed by atoms with Gasteiger partial charge in [-0.3, -0.25) is 0 Å². The minimum Gasteiger partial charge on any atom is -0.309 e. The van der Waals surface area contributed by atoms with Crippen LogP contribution >= 0.6 is 22.7 Å². The van der Waals surface area contributed by atoms with E-state index in [1.807, 2.05) is 89.5 Å². The van der Waals surface area contributed by atoms with Gasteiger partial charge in [0.15, 0.2) is 0 Å². The van der Waals surface area contributed by atoms with E-state index in [1.165, 1.54) is 0 Å². The maximum atomic E-state index is 14.8. The van der Waals surface area contributed by atoms with Crippen LogP contribution in [0.4, 0.5) is 26.3 Å². The molecule has 9 aromatic carbocycles. The molecule has 3 nitrogen and oxygen atoms in total. The lowest BCUT2D eigenvalue weighted by Gasteiger charge is -2.23. The SMILES string of the molecule is N#Cc1cccc(-n2c3ccccc3c3c4sc5ccccc5c4ccc32)c1-c1c(-c2cc(C(F)(F)F)cc(C(F)(F)F)c2)cccc1-n1c2ccccc2c2c3sc4ccccc4c3ccc21. The summed E-state index contributed by atoms with van der Waals surface area (Å²) in [6.07, 6.45) is -10.2. The number of halogens is 6. The van der Waals surface area contributed by atoms with Crippen molar-refractivity contribution in [1.29, 1.82) is 5.26 Å². The minimum atomic E-state index is -5.10. The monoisotopic (exact) mass is 933 g/mol. The van der Waals surface area contributed by atoms with Gasteiger partial charge in [-0.15, -0.1) is 22.7 Å². The third-order valence-corrected chi connectivity index (χ3v) is 15.6. The molecule has 0 fully saturated rings. The average molecular weight is 934 g/mol. The lowest BCUT2D eigenvalue weighted by atomic mass is 9.87. The van der Waals surface area contributed by atoms with Gasteiger partial charge in [0, 0.05) is 73.0 Å². The van der Waals surface area contributed by atoms with Crippen LogP contribution in [0.1, 0.15) is 16.7 Å². The molecule has 0 N–H and O–H groups in total. The normalized spacial score (nSPS) is 12.5. The Morgan fingerprint density at radius 3 is 1.37 bits per heavy atom. The molecule has 0 bridgehead atoms. The lowest BCUT2D eigenvalue weighted by molar-refractivity contribution is -0.143. The smallest absolute Gasteiger partial charge is 0.309 e. The molecule has 0 saturated heterocycles. The van der Waals surface area contributed by atoms with E-state index in [1.54, 1.807) is 46.9 Å². The van der Waals surface area contributed by atoms with Gasteiger partial charge in [-0.05, 0) is 83.9 Å². The van der Waals surface area contributed by atoms with Gasteiger partial charge in [0.05, 0.1) is 56.2 Å². The molecule has 11 heteroatoms. The second-order valence-electron chi connectivity index (χ2n) is 16.9. The van der Waals surface area contributed by atoms with Gasteiger partial charge >= 0.3 is 12.4 Å². The van der Waals surface area contributed by atoms with E-state index < -0.39 is 23.5 Å². The molecule has 0 aliphatic carbocycles. The average Bonchev–Trinajstić information content (AvgIpc) is 4.10. The number of nitriles is 1. The van der Waals surface area contributed by atoms with Crippen molar-refractivity contribution in [3.63, 3.8) is 0 Å². The van der Waals surface area contributed by atoms with E-state index in [4.69, 9.17) is 0 Å². The molecule has 0 radical (unpaired) electrons. The summed E-state index contributed by atoms with van der Waals surface area (Å²) >= 11 is 3.34. The van der Waals surface area contributed by atoms with Gasteiger partial charge < -0.3 is 9.13 Å². The molecule has 0 saturated carbocycles. The zero-order chi connectivity index (χ0) is 46.2. The highest BCUT2D eigenvalue weighted by Gasteiger charge is 2.38. The fourth-order valence-corrected chi connectivity index (χ4v) is 12.9. The number of benzene rings is 9. The van der Waals surface area contributed by atoms with Gasteiger partial charge in [-0.25, -0.2) is 0 Å². The maximum absolute atomic E-state index is 14.8. The van der Waals surface area contributed by atoms with Crippen molar-refractivity contribution in [1.82, 2.24) is 9.13 Å². The van der Waals surface area contributed by atoms with E-state index in [0.717, 1.165) is 96.1 Å². The number of hydrogen-bond acceptors (Lipinski definition) is 3. The minimum absolute atomic E-state index is 0.0876. The number of hydrogen-bond donors (Lipinski definition) is 0. The van der Waals surface area contributed by atoms with Crippen LogP contribution in [0.5, 0.6) is 0 Å². The number of para-hydroxylation sites is 2. The Morgan fingerprint density at radius 1 is 0.412 bits per heavy atom. The van der Waals surface area contributed by atoms with Crippen molar-refractivity contribution in [3.05, 3.63) is 193 Å². The van der Waals surface area contributed by atoms with Crippen LogP contribution in [-0.4, -0.2) is 9.13 Å². The Hall–Kier alpha value is -7.91. The van der Waals surface area contributed by atoms with Crippen molar-refractivity contribution in [2.75, 3.05) is 0 Å². The van der Waals surface area contributed by atoms with Crippen molar-refractivity contribution in [3.8, 4) is 39.7 Å². The second-order valence-corrected chi connectivity index (χ2v) is 19.0. The summed E-state index contributed by atoms with van der Waals surface area (Å²) in [4.78, 5) is 0. The second kappa shape index (κ2) is 14.5. The zero-order valence-corrected chi connectivity index (χ0v) is 36.8. The van der Waals surface area contributed by atoms with Gasteiger partial charge in [-0.1, -0.05) is 103 Å². The molecule has 68 heavy (non-hydrogen) atoms. The van der Waals surface area contributed by atoms with Gasteiger partial charge in [-0.2, -0.15) is 31.6 Å². The summed E-state index contributed by atoms with van der Waals surface area (Å²) in [7, 11) is 0. The van der Waals surface area contributed by atoms with E-state index in [2.05, 4.69) is 59.2 Å². The third kappa shape index (κ3) is 5.84. The molecule has 13 aromatic rings. The highest BCUT2D eigenvalue weighted by molar-refractivity contribution is 7.27. The Balaban J connectivity index is 1.21. The molecular weight excluding hydrogens is 905 g/mol. The molecule has 0 aliphatic rings. The van der Waals surface area contributed by atoms with Crippen molar-refractivity contribution in [2.45, 2.75) is 12.4 Å². The summed E-state index contributed by atoms with van der Waals surface area (Å²) in [5.74, 6) is 0. The first-order valence-corrected chi connectivity index (χ1v) is 23.2. The van der Waals surface area contributed by atoms with Gasteiger partial charge in [0.1, 0.15) is 0 Å². The number of thiophene rings is 2. The van der Waals surface area contributed by atoms with E-state index in [9.17, 15) is 31.6 Å². The molecule has 13 rings (SSSR count). The zero-order valence-electron chi connectivity index (χ0n) is 35.2. The first-order valence-electron chi connectivity index (χ1n) is 21.6. The Bertz CT molecular complexity index is 4300. The van der Waals surface area contributed by atoms with Gasteiger partial charge in [0.2, 0.25) is 0 Å². The van der Waals surface area contributed by atoms with E-state index in [-0.39, 0.29) is 22.8 Å². The Labute approximate surface area is 390 Å². The first-order chi connectivity index (χ1) is 33.0. The molecule has 0 aliphatic heterocycles. The van der Waals surface area contributed by atoms with Crippen molar-refractivity contribution < 1.29 is 26.3 Å². The lowest BCUT2D eigenvalue weighted by Crippen LogP contribution is -2.11.